The van der Waals surface area contributed by atoms with E-state index in [1.165, 1.54) is 19.2 Å². The molecule has 0 aliphatic carbocycles. The molecule has 0 aliphatic heterocycles. The van der Waals surface area contributed by atoms with Crippen LogP contribution in [-0.2, 0) is 4.74 Å². The van der Waals surface area contributed by atoms with Crippen LogP contribution in [0.4, 0.5) is 11.5 Å². The largest absolute Gasteiger partial charge is 0.464 e. The van der Waals surface area contributed by atoms with Crippen molar-refractivity contribution >= 4 is 17.5 Å². The summed E-state index contributed by atoms with van der Waals surface area (Å²) in [6.07, 6.45) is 0.793. The van der Waals surface area contributed by atoms with Gasteiger partial charge in [0.15, 0.2) is 5.69 Å². The summed E-state index contributed by atoms with van der Waals surface area (Å²) >= 11 is 0. The van der Waals surface area contributed by atoms with Gasteiger partial charge in [-0.3, -0.25) is 10.1 Å². The summed E-state index contributed by atoms with van der Waals surface area (Å²) in [5.41, 5.74) is -0.122. The number of hydrogen-bond acceptors (Lipinski definition) is 6. The minimum Gasteiger partial charge on any atom is -0.464 e. The Morgan fingerprint density at radius 2 is 2.29 bits per heavy atom. The van der Waals surface area contributed by atoms with E-state index in [-0.39, 0.29) is 17.2 Å². The van der Waals surface area contributed by atoms with Crippen molar-refractivity contribution in [2.24, 2.45) is 0 Å². The number of aromatic nitrogens is 1. The molecule has 0 radical (unpaired) electrons. The van der Waals surface area contributed by atoms with Crippen molar-refractivity contribution in [3.63, 3.8) is 0 Å². The molecule has 1 heterocycles. The highest BCUT2D eigenvalue weighted by Gasteiger charge is 2.18. The van der Waals surface area contributed by atoms with Crippen molar-refractivity contribution in [1.82, 2.24) is 4.98 Å². The van der Waals surface area contributed by atoms with Crippen LogP contribution in [0.1, 0.15) is 23.8 Å². The van der Waals surface area contributed by atoms with E-state index < -0.39 is 10.9 Å². The third-order valence-electron chi connectivity index (χ3n) is 2.01. The summed E-state index contributed by atoms with van der Waals surface area (Å²) in [5, 5.41) is 13.5. The maximum Gasteiger partial charge on any atom is 0.356 e. The van der Waals surface area contributed by atoms with Gasteiger partial charge in [-0.25, -0.2) is 9.78 Å². The molecule has 0 atom stereocenters. The smallest absolute Gasteiger partial charge is 0.356 e. The van der Waals surface area contributed by atoms with Crippen LogP contribution < -0.4 is 5.32 Å². The van der Waals surface area contributed by atoms with Gasteiger partial charge in [0, 0.05) is 12.6 Å². The Bertz CT molecular complexity index is 434. The Hall–Kier alpha value is -2.18. The zero-order chi connectivity index (χ0) is 12.8. The van der Waals surface area contributed by atoms with E-state index in [0.717, 1.165) is 6.42 Å². The molecule has 1 rings (SSSR count). The SMILES string of the molecule is CCCNc1nc(C(=O)OC)ccc1[N+](=O)[O-]. The minimum atomic E-state index is -0.626. The maximum absolute atomic E-state index is 11.2. The Morgan fingerprint density at radius 3 is 2.82 bits per heavy atom. The lowest BCUT2D eigenvalue weighted by molar-refractivity contribution is -0.384. The van der Waals surface area contributed by atoms with Gasteiger partial charge in [0.05, 0.1) is 12.0 Å². The highest BCUT2D eigenvalue weighted by molar-refractivity contribution is 5.88. The maximum atomic E-state index is 11.2. The Labute approximate surface area is 98.0 Å². The second kappa shape index (κ2) is 5.78. The average molecular weight is 239 g/mol. The fraction of sp³-hybridized carbons (Fsp3) is 0.400. The van der Waals surface area contributed by atoms with Crippen molar-refractivity contribution in [3.05, 3.63) is 27.9 Å². The standard InChI is InChI=1S/C10H13N3O4/c1-3-6-11-9-8(13(15)16)5-4-7(12-9)10(14)17-2/h4-5H,3,6H2,1-2H3,(H,11,12). The number of ether oxygens (including phenoxy) is 1. The number of carbonyl (C=O) groups is 1. The Balaban J connectivity index is 3.09. The van der Waals surface area contributed by atoms with Gasteiger partial charge in [-0.1, -0.05) is 6.92 Å². The molecule has 0 amide bonds. The van der Waals surface area contributed by atoms with Gasteiger partial charge >= 0.3 is 11.7 Å². The number of carbonyl (C=O) groups excluding carboxylic acids is 1. The molecule has 7 nitrogen and oxygen atoms in total. The molecule has 0 unspecified atom stereocenters. The summed E-state index contributed by atoms with van der Waals surface area (Å²) in [4.78, 5) is 25.3. The van der Waals surface area contributed by atoms with Gasteiger partial charge < -0.3 is 10.1 Å². The van der Waals surface area contributed by atoms with Crippen LogP contribution in [0, 0.1) is 10.1 Å². The number of methoxy groups -OCH3 is 1. The van der Waals surface area contributed by atoms with Gasteiger partial charge in [-0.05, 0) is 12.5 Å². The predicted octanol–water partition coefficient (Wildman–Crippen LogP) is 1.60. The van der Waals surface area contributed by atoms with Crippen LogP contribution in [0.25, 0.3) is 0 Å². The second-order valence-corrected chi connectivity index (χ2v) is 3.24. The average Bonchev–Trinajstić information content (AvgIpc) is 2.34. The van der Waals surface area contributed by atoms with Gasteiger partial charge in [0.1, 0.15) is 0 Å². The van der Waals surface area contributed by atoms with Crippen LogP contribution >= 0.6 is 0 Å². The molecule has 0 spiro atoms. The van der Waals surface area contributed by atoms with Gasteiger partial charge in [-0.2, -0.15) is 0 Å². The number of nitro groups is 1. The van der Waals surface area contributed by atoms with E-state index in [4.69, 9.17) is 0 Å². The zero-order valence-electron chi connectivity index (χ0n) is 9.60. The molecule has 17 heavy (non-hydrogen) atoms. The molecular formula is C10H13N3O4. The molecule has 0 saturated carbocycles. The van der Waals surface area contributed by atoms with Crippen LogP contribution in [0.3, 0.4) is 0 Å². The molecule has 0 aromatic carbocycles. The molecule has 0 fully saturated rings. The summed E-state index contributed by atoms with van der Waals surface area (Å²) < 4.78 is 4.50. The van der Waals surface area contributed by atoms with E-state index in [1.54, 1.807) is 0 Å². The van der Waals surface area contributed by atoms with Crippen LogP contribution in [-0.4, -0.2) is 29.5 Å². The topological polar surface area (TPSA) is 94.4 Å². The third kappa shape index (κ3) is 3.13. The van der Waals surface area contributed by atoms with Crippen molar-refractivity contribution in [2.75, 3.05) is 19.0 Å². The molecule has 1 aromatic rings. The number of nitrogens with zero attached hydrogens (tertiary/aromatic N) is 2. The monoisotopic (exact) mass is 239 g/mol. The lowest BCUT2D eigenvalue weighted by Crippen LogP contribution is -2.10. The lowest BCUT2D eigenvalue weighted by Gasteiger charge is -2.06. The van der Waals surface area contributed by atoms with Crippen molar-refractivity contribution in [2.45, 2.75) is 13.3 Å². The minimum absolute atomic E-state index is 0.0386. The van der Waals surface area contributed by atoms with Crippen LogP contribution in [0.15, 0.2) is 12.1 Å². The highest BCUT2D eigenvalue weighted by atomic mass is 16.6. The fourth-order valence-corrected chi connectivity index (χ4v) is 1.19. The number of rotatable bonds is 5. The molecular weight excluding hydrogens is 226 g/mol. The van der Waals surface area contributed by atoms with Crippen molar-refractivity contribution in [1.29, 1.82) is 0 Å². The molecule has 7 heteroatoms. The van der Waals surface area contributed by atoms with Crippen molar-refractivity contribution < 1.29 is 14.5 Å². The first-order chi connectivity index (χ1) is 8.10. The third-order valence-corrected chi connectivity index (χ3v) is 2.01. The van der Waals surface area contributed by atoms with E-state index in [1.807, 2.05) is 6.92 Å². The van der Waals surface area contributed by atoms with E-state index >= 15 is 0 Å². The molecule has 0 aliphatic rings. The number of hydrogen-bond donors (Lipinski definition) is 1. The molecule has 1 N–H and O–H groups in total. The summed E-state index contributed by atoms with van der Waals surface area (Å²) in [5.74, 6) is -0.542. The summed E-state index contributed by atoms with van der Waals surface area (Å²) in [7, 11) is 1.23. The van der Waals surface area contributed by atoms with Crippen LogP contribution in [0.2, 0.25) is 0 Å². The Morgan fingerprint density at radius 1 is 1.59 bits per heavy atom. The van der Waals surface area contributed by atoms with Gasteiger partial charge in [0.2, 0.25) is 5.82 Å². The quantitative estimate of drug-likeness (QED) is 0.476. The molecule has 0 bridgehead atoms. The predicted molar refractivity (Wildman–Crippen MR) is 61.0 cm³/mol. The first-order valence-corrected chi connectivity index (χ1v) is 5.07. The zero-order valence-corrected chi connectivity index (χ0v) is 9.60. The Kier molecular flexibility index (Phi) is 4.38. The number of nitrogens with one attached hydrogen (secondary N) is 1. The number of anilines is 1. The summed E-state index contributed by atoms with van der Waals surface area (Å²) in [6.45, 7) is 2.46. The number of pyridine rings is 1. The molecule has 0 saturated heterocycles. The van der Waals surface area contributed by atoms with E-state index in [2.05, 4.69) is 15.0 Å². The van der Waals surface area contributed by atoms with E-state index in [9.17, 15) is 14.9 Å². The first-order valence-electron chi connectivity index (χ1n) is 5.07. The van der Waals surface area contributed by atoms with Gasteiger partial charge in [0.25, 0.3) is 0 Å². The normalized spacial score (nSPS) is 9.76. The number of esters is 1. The van der Waals surface area contributed by atoms with Crippen molar-refractivity contribution in [3.8, 4) is 0 Å². The molecule has 1 aromatic heterocycles. The summed E-state index contributed by atoms with van der Waals surface area (Å²) in [6, 6.07) is 2.50. The van der Waals surface area contributed by atoms with E-state index in [0.29, 0.717) is 6.54 Å². The van der Waals surface area contributed by atoms with Crippen LogP contribution in [0.5, 0.6) is 0 Å². The lowest BCUT2D eigenvalue weighted by atomic mass is 10.3. The fourth-order valence-electron chi connectivity index (χ4n) is 1.19. The first kappa shape index (κ1) is 12.9. The van der Waals surface area contributed by atoms with Gasteiger partial charge in [-0.15, -0.1) is 0 Å². The second-order valence-electron chi connectivity index (χ2n) is 3.24. The highest BCUT2D eigenvalue weighted by Crippen LogP contribution is 2.22. The molecule has 92 valence electrons.